The zero-order valence-corrected chi connectivity index (χ0v) is 15.1. The maximum Gasteiger partial charge on any atom is 0.255 e. The van der Waals surface area contributed by atoms with Gasteiger partial charge in [0.25, 0.3) is 5.91 Å². The number of aromatic nitrogens is 1. The van der Waals surface area contributed by atoms with Crippen LogP contribution in [0, 0.1) is 0 Å². The quantitative estimate of drug-likeness (QED) is 0.861. The zero-order valence-electron chi connectivity index (χ0n) is 15.1. The SMILES string of the molecule is CC(c1ccc2c(c1)OCCO2)N(C)C(=O)c1cnc2c(c1)NC(=O)CN2. The fourth-order valence-corrected chi connectivity index (χ4v) is 3.10. The summed E-state index contributed by atoms with van der Waals surface area (Å²) in [5.41, 5.74) is 1.86. The Morgan fingerprint density at radius 3 is 2.81 bits per heavy atom. The summed E-state index contributed by atoms with van der Waals surface area (Å²) in [4.78, 5) is 30.3. The van der Waals surface area contributed by atoms with Gasteiger partial charge in [0.05, 0.1) is 23.8 Å². The largest absolute Gasteiger partial charge is 0.486 e. The third kappa shape index (κ3) is 3.25. The first kappa shape index (κ1) is 17.1. The Labute approximate surface area is 156 Å². The molecule has 1 aromatic heterocycles. The lowest BCUT2D eigenvalue weighted by atomic mass is 10.1. The normalized spacial score (nSPS) is 15.9. The van der Waals surface area contributed by atoms with Gasteiger partial charge in [0, 0.05) is 13.2 Å². The molecule has 2 aliphatic heterocycles. The molecule has 0 radical (unpaired) electrons. The van der Waals surface area contributed by atoms with Crippen LogP contribution in [0.2, 0.25) is 0 Å². The van der Waals surface area contributed by atoms with Crippen LogP contribution in [0.1, 0.15) is 28.9 Å². The van der Waals surface area contributed by atoms with Gasteiger partial charge in [0.2, 0.25) is 5.91 Å². The van der Waals surface area contributed by atoms with E-state index in [1.165, 1.54) is 6.20 Å². The molecule has 140 valence electrons. The van der Waals surface area contributed by atoms with Crippen molar-refractivity contribution in [2.75, 3.05) is 37.4 Å². The summed E-state index contributed by atoms with van der Waals surface area (Å²) in [5.74, 6) is 1.62. The summed E-state index contributed by atoms with van der Waals surface area (Å²) in [5, 5.41) is 5.64. The monoisotopic (exact) mass is 368 g/mol. The van der Waals surface area contributed by atoms with E-state index in [-0.39, 0.29) is 24.4 Å². The molecule has 2 aromatic rings. The van der Waals surface area contributed by atoms with Crippen LogP contribution in [0.15, 0.2) is 30.5 Å². The van der Waals surface area contributed by atoms with Crippen LogP contribution in [0.5, 0.6) is 11.5 Å². The molecule has 0 bridgehead atoms. The van der Waals surface area contributed by atoms with Crippen LogP contribution < -0.4 is 20.1 Å². The number of nitrogens with one attached hydrogen (secondary N) is 2. The van der Waals surface area contributed by atoms with Gasteiger partial charge in [-0.05, 0) is 30.7 Å². The minimum absolute atomic E-state index is 0.160. The first-order chi connectivity index (χ1) is 13.0. The average molecular weight is 368 g/mol. The Morgan fingerprint density at radius 2 is 2.00 bits per heavy atom. The summed E-state index contributed by atoms with van der Waals surface area (Å²) in [7, 11) is 1.74. The van der Waals surface area contributed by atoms with E-state index >= 15 is 0 Å². The molecule has 0 spiro atoms. The van der Waals surface area contributed by atoms with Gasteiger partial charge in [0.15, 0.2) is 11.5 Å². The number of benzene rings is 1. The zero-order chi connectivity index (χ0) is 19.0. The van der Waals surface area contributed by atoms with E-state index in [0.717, 1.165) is 5.56 Å². The van der Waals surface area contributed by atoms with Gasteiger partial charge in [0.1, 0.15) is 19.0 Å². The van der Waals surface area contributed by atoms with Crippen LogP contribution in [0.25, 0.3) is 0 Å². The van der Waals surface area contributed by atoms with E-state index in [2.05, 4.69) is 15.6 Å². The van der Waals surface area contributed by atoms with Gasteiger partial charge >= 0.3 is 0 Å². The smallest absolute Gasteiger partial charge is 0.255 e. The highest BCUT2D eigenvalue weighted by molar-refractivity contribution is 6.02. The minimum Gasteiger partial charge on any atom is -0.486 e. The molecule has 2 N–H and O–H groups in total. The van der Waals surface area contributed by atoms with E-state index in [1.807, 2.05) is 25.1 Å². The molecule has 1 aromatic carbocycles. The molecule has 2 aliphatic rings. The van der Waals surface area contributed by atoms with E-state index in [0.29, 0.717) is 41.8 Å². The van der Waals surface area contributed by atoms with Gasteiger partial charge < -0.3 is 25.0 Å². The molecule has 0 saturated carbocycles. The molecule has 0 fully saturated rings. The van der Waals surface area contributed by atoms with Gasteiger partial charge in [-0.25, -0.2) is 4.98 Å². The fourth-order valence-electron chi connectivity index (χ4n) is 3.10. The Hall–Kier alpha value is -3.29. The van der Waals surface area contributed by atoms with Crippen molar-refractivity contribution in [2.24, 2.45) is 0 Å². The van der Waals surface area contributed by atoms with Crippen LogP contribution in [0.4, 0.5) is 11.5 Å². The number of fused-ring (bicyclic) bond motifs is 2. The third-order valence-corrected chi connectivity index (χ3v) is 4.78. The number of hydrogen-bond acceptors (Lipinski definition) is 6. The van der Waals surface area contributed by atoms with Gasteiger partial charge in [-0.1, -0.05) is 6.07 Å². The van der Waals surface area contributed by atoms with E-state index in [4.69, 9.17) is 9.47 Å². The van der Waals surface area contributed by atoms with Crippen molar-refractivity contribution in [3.05, 3.63) is 41.6 Å². The Balaban J connectivity index is 1.55. The second-order valence-electron chi connectivity index (χ2n) is 6.52. The molecule has 8 heteroatoms. The predicted octanol–water partition coefficient (Wildman–Crippen LogP) is 2.05. The van der Waals surface area contributed by atoms with Crippen molar-refractivity contribution in [1.29, 1.82) is 0 Å². The lowest BCUT2D eigenvalue weighted by Crippen LogP contribution is -2.31. The van der Waals surface area contributed by atoms with Crippen LogP contribution >= 0.6 is 0 Å². The summed E-state index contributed by atoms with van der Waals surface area (Å²) < 4.78 is 11.2. The lowest BCUT2D eigenvalue weighted by Gasteiger charge is -2.27. The first-order valence-electron chi connectivity index (χ1n) is 8.73. The molecule has 2 amide bonds. The van der Waals surface area contributed by atoms with E-state index in [1.54, 1.807) is 18.0 Å². The lowest BCUT2D eigenvalue weighted by molar-refractivity contribution is -0.114. The number of ether oxygens (including phenoxy) is 2. The summed E-state index contributed by atoms with van der Waals surface area (Å²) in [6.45, 7) is 3.17. The standard InChI is InChI=1S/C19H20N4O4/c1-11(12-3-4-15-16(8-12)27-6-5-26-15)23(2)19(25)13-7-14-18(20-9-13)21-10-17(24)22-14/h3-4,7-9,11H,5-6,10H2,1-2H3,(H,20,21)(H,22,24). The molecular weight excluding hydrogens is 348 g/mol. The van der Waals surface area contributed by atoms with Gasteiger partial charge in [-0.15, -0.1) is 0 Å². The van der Waals surface area contributed by atoms with Crippen molar-refractivity contribution in [1.82, 2.24) is 9.88 Å². The Kier molecular flexibility index (Phi) is 4.31. The van der Waals surface area contributed by atoms with Crippen molar-refractivity contribution in [2.45, 2.75) is 13.0 Å². The Bertz CT molecular complexity index is 915. The summed E-state index contributed by atoms with van der Waals surface area (Å²) in [6, 6.07) is 7.15. The van der Waals surface area contributed by atoms with Crippen LogP contribution in [-0.2, 0) is 4.79 Å². The topological polar surface area (TPSA) is 92.8 Å². The van der Waals surface area contributed by atoms with E-state index in [9.17, 15) is 9.59 Å². The van der Waals surface area contributed by atoms with Gasteiger partial charge in [-0.2, -0.15) is 0 Å². The van der Waals surface area contributed by atoms with E-state index < -0.39 is 0 Å². The number of hydrogen-bond donors (Lipinski definition) is 2. The second kappa shape index (κ2) is 6.79. The average Bonchev–Trinajstić information content (AvgIpc) is 2.71. The number of amides is 2. The number of rotatable bonds is 3. The molecule has 0 aliphatic carbocycles. The minimum atomic E-state index is -0.187. The molecule has 4 rings (SSSR count). The van der Waals surface area contributed by atoms with Crippen LogP contribution in [0.3, 0.4) is 0 Å². The highest BCUT2D eigenvalue weighted by Gasteiger charge is 2.23. The maximum absolute atomic E-state index is 12.9. The molecule has 27 heavy (non-hydrogen) atoms. The van der Waals surface area contributed by atoms with Crippen molar-refractivity contribution < 1.29 is 19.1 Å². The van der Waals surface area contributed by atoms with Crippen molar-refractivity contribution in [3.8, 4) is 11.5 Å². The summed E-state index contributed by atoms with van der Waals surface area (Å²) in [6.07, 6.45) is 1.51. The highest BCUT2D eigenvalue weighted by atomic mass is 16.6. The number of pyridine rings is 1. The highest BCUT2D eigenvalue weighted by Crippen LogP contribution is 2.34. The number of nitrogens with zero attached hydrogens (tertiary/aromatic N) is 2. The van der Waals surface area contributed by atoms with Crippen molar-refractivity contribution in [3.63, 3.8) is 0 Å². The van der Waals surface area contributed by atoms with Crippen LogP contribution in [-0.4, -0.2) is 48.5 Å². The molecule has 1 atom stereocenters. The maximum atomic E-state index is 12.9. The first-order valence-corrected chi connectivity index (χ1v) is 8.73. The molecule has 1 unspecified atom stereocenters. The molecule has 0 saturated heterocycles. The van der Waals surface area contributed by atoms with Gasteiger partial charge in [-0.3, -0.25) is 9.59 Å². The summed E-state index contributed by atoms with van der Waals surface area (Å²) >= 11 is 0. The molecule has 3 heterocycles. The number of anilines is 2. The molecular formula is C19H20N4O4. The Morgan fingerprint density at radius 1 is 1.22 bits per heavy atom. The van der Waals surface area contributed by atoms with Crippen molar-refractivity contribution >= 4 is 23.3 Å². The second-order valence-corrected chi connectivity index (χ2v) is 6.52. The predicted molar refractivity (Wildman–Crippen MR) is 99.3 cm³/mol. The fraction of sp³-hybridized carbons (Fsp3) is 0.316. The third-order valence-electron chi connectivity index (χ3n) is 4.78. The molecule has 8 nitrogen and oxygen atoms in total. The number of carbonyl (C=O) groups excluding carboxylic acids is 2. The number of carbonyl (C=O) groups is 2.